The smallest absolute Gasteiger partial charge is 0.312 e. The SMILES string of the molecule is Cn1cc2c(n1)C(C(=O)O)CCC2. The van der Waals surface area contributed by atoms with Crippen molar-refractivity contribution in [1.29, 1.82) is 0 Å². The number of aryl methyl sites for hydroxylation is 2. The maximum absolute atomic E-state index is 10.9. The van der Waals surface area contributed by atoms with Gasteiger partial charge in [0.05, 0.1) is 5.69 Å². The molecule has 4 nitrogen and oxygen atoms in total. The predicted molar refractivity (Wildman–Crippen MR) is 46.5 cm³/mol. The van der Waals surface area contributed by atoms with E-state index in [1.165, 1.54) is 0 Å². The minimum atomic E-state index is -0.750. The maximum Gasteiger partial charge on any atom is 0.312 e. The molecule has 0 saturated carbocycles. The van der Waals surface area contributed by atoms with Crippen molar-refractivity contribution in [2.45, 2.75) is 25.2 Å². The molecule has 0 saturated heterocycles. The third kappa shape index (κ3) is 1.32. The molecule has 2 rings (SSSR count). The zero-order valence-electron chi connectivity index (χ0n) is 7.53. The van der Waals surface area contributed by atoms with E-state index in [1.54, 1.807) is 4.68 Å². The predicted octanol–water partition coefficient (Wildman–Crippen LogP) is 0.925. The fraction of sp³-hybridized carbons (Fsp3) is 0.556. The van der Waals surface area contributed by atoms with Crippen LogP contribution in [-0.2, 0) is 18.3 Å². The van der Waals surface area contributed by atoms with Crippen LogP contribution in [0.5, 0.6) is 0 Å². The lowest BCUT2D eigenvalue weighted by Crippen LogP contribution is -2.17. The molecule has 0 radical (unpaired) electrons. The number of aliphatic carboxylic acids is 1. The zero-order chi connectivity index (χ0) is 9.42. The molecule has 0 aliphatic heterocycles. The lowest BCUT2D eigenvalue weighted by Gasteiger charge is -2.16. The van der Waals surface area contributed by atoms with Gasteiger partial charge in [-0.1, -0.05) is 0 Å². The summed E-state index contributed by atoms with van der Waals surface area (Å²) in [4.78, 5) is 10.9. The molecule has 1 heterocycles. The van der Waals surface area contributed by atoms with Crippen LogP contribution in [0.1, 0.15) is 30.0 Å². The van der Waals surface area contributed by atoms with Gasteiger partial charge in [0, 0.05) is 13.2 Å². The normalized spacial score (nSPS) is 21.2. The van der Waals surface area contributed by atoms with E-state index < -0.39 is 5.97 Å². The zero-order valence-corrected chi connectivity index (χ0v) is 7.53. The highest BCUT2D eigenvalue weighted by Crippen LogP contribution is 2.30. The fourth-order valence-corrected chi connectivity index (χ4v) is 1.91. The van der Waals surface area contributed by atoms with Crippen LogP contribution in [0, 0.1) is 0 Å². The van der Waals surface area contributed by atoms with Gasteiger partial charge in [-0.25, -0.2) is 0 Å². The van der Waals surface area contributed by atoms with Crippen molar-refractivity contribution < 1.29 is 9.90 Å². The second-order valence-corrected chi connectivity index (χ2v) is 3.50. The summed E-state index contributed by atoms with van der Waals surface area (Å²) in [6, 6.07) is 0. The lowest BCUT2D eigenvalue weighted by molar-refractivity contribution is -0.139. The summed E-state index contributed by atoms with van der Waals surface area (Å²) in [5.74, 6) is -1.13. The summed E-state index contributed by atoms with van der Waals surface area (Å²) in [7, 11) is 1.83. The molecule has 1 N–H and O–H groups in total. The van der Waals surface area contributed by atoms with Gasteiger partial charge in [0.2, 0.25) is 0 Å². The number of hydrogen-bond acceptors (Lipinski definition) is 2. The molecule has 1 aromatic heterocycles. The van der Waals surface area contributed by atoms with Crippen LogP contribution in [0.25, 0.3) is 0 Å². The number of hydrogen-bond donors (Lipinski definition) is 1. The van der Waals surface area contributed by atoms with Gasteiger partial charge in [-0.3, -0.25) is 9.48 Å². The number of fused-ring (bicyclic) bond motifs is 1. The van der Waals surface area contributed by atoms with Gasteiger partial charge in [0.15, 0.2) is 0 Å². The number of carbonyl (C=O) groups is 1. The molecule has 1 aliphatic carbocycles. The van der Waals surface area contributed by atoms with E-state index in [0.717, 1.165) is 30.5 Å². The Labute approximate surface area is 76.2 Å². The highest BCUT2D eigenvalue weighted by atomic mass is 16.4. The first-order chi connectivity index (χ1) is 6.18. The fourth-order valence-electron chi connectivity index (χ4n) is 1.91. The number of carboxylic acid groups (broad SMARTS) is 1. The van der Waals surface area contributed by atoms with E-state index in [-0.39, 0.29) is 5.92 Å². The Bertz CT molecular complexity index is 343. The topological polar surface area (TPSA) is 55.1 Å². The van der Waals surface area contributed by atoms with Crippen LogP contribution in [0.2, 0.25) is 0 Å². The van der Waals surface area contributed by atoms with Crippen LogP contribution < -0.4 is 0 Å². The number of aromatic nitrogens is 2. The molecule has 70 valence electrons. The van der Waals surface area contributed by atoms with Crippen LogP contribution in [0.4, 0.5) is 0 Å². The second kappa shape index (κ2) is 2.87. The summed E-state index contributed by atoms with van der Waals surface area (Å²) in [5, 5.41) is 13.1. The number of carboxylic acids is 1. The number of rotatable bonds is 1. The van der Waals surface area contributed by atoms with E-state index in [1.807, 2.05) is 13.2 Å². The summed E-state index contributed by atoms with van der Waals surface area (Å²) in [5.41, 5.74) is 1.86. The summed E-state index contributed by atoms with van der Waals surface area (Å²) >= 11 is 0. The van der Waals surface area contributed by atoms with Crippen molar-refractivity contribution in [3.63, 3.8) is 0 Å². The summed E-state index contributed by atoms with van der Waals surface area (Å²) < 4.78 is 1.70. The van der Waals surface area contributed by atoms with Crippen molar-refractivity contribution in [1.82, 2.24) is 9.78 Å². The van der Waals surface area contributed by atoms with Gasteiger partial charge < -0.3 is 5.11 Å². The van der Waals surface area contributed by atoms with Crippen molar-refractivity contribution in [3.8, 4) is 0 Å². The quantitative estimate of drug-likeness (QED) is 0.699. The molecule has 0 aromatic carbocycles. The van der Waals surface area contributed by atoms with E-state index in [0.29, 0.717) is 0 Å². The van der Waals surface area contributed by atoms with Crippen LogP contribution >= 0.6 is 0 Å². The standard InChI is InChI=1S/C9H12N2O2/c1-11-5-6-3-2-4-7(9(12)13)8(6)10-11/h5,7H,2-4H2,1H3,(H,12,13). The van der Waals surface area contributed by atoms with Crippen molar-refractivity contribution in [2.75, 3.05) is 0 Å². The van der Waals surface area contributed by atoms with Crippen molar-refractivity contribution >= 4 is 5.97 Å². The molecule has 4 heteroatoms. The van der Waals surface area contributed by atoms with Gasteiger partial charge in [-0.2, -0.15) is 5.10 Å². The molecule has 0 amide bonds. The van der Waals surface area contributed by atoms with Crippen LogP contribution in [-0.4, -0.2) is 20.9 Å². The van der Waals surface area contributed by atoms with Crippen molar-refractivity contribution in [2.24, 2.45) is 7.05 Å². The Kier molecular flexibility index (Phi) is 1.83. The number of nitrogens with zero attached hydrogens (tertiary/aromatic N) is 2. The lowest BCUT2D eigenvalue weighted by atomic mass is 9.88. The minimum Gasteiger partial charge on any atom is -0.481 e. The Balaban J connectivity index is 2.41. The van der Waals surface area contributed by atoms with Gasteiger partial charge >= 0.3 is 5.97 Å². The molecular formula is C9H12N2O2. The monoisotopic (exact) mass is 180 g/mol. The van der Waals surface area contributed by atoms with E-state index in [4.69, 9.17) is 5.11 Å². The Morgan fingerprint density at radius 3 is 3.23 bits per heavy atom. The first kappa shape index (κ1) is 8.29. The molecule has 0 fully saturated rings. The molecule has 1 unspecified atom stereocenters. The maximum atomic E-state index is 10.9. The average molecular weight is 180 g/mol. The Morgan fingerprint density at radius 2 is 2.54 bits per heavy atom. The first-order valence-electron chi connectivity index (χ1n) is 4.43. The van der Waals surface area contributed by atoms with Gasteiger partial charge in [0.1, 0.15) is 5.92 Å². The molecule has 13 heavy (non-hydrogen) atoms. The molecule has 0 bridgehead atoms. The van der Waals surface area contributed by atoms with Crippen molar-refractivity contribution in [3.05, 3.63) is 17.5 Å². The van der Waals surface area contributed by atoms with E-state index in [9.17, 15) is 4.79 Å². The third-order valence-electron chi connectivity index (χ3n) is 2.50. The highest BCUT2D eigenvalue weighted by molar-refractivity contribution is 5.76. The van der Waals surface area contributed by atoms with E-state index in [2.05, 4.69) is 5.10 Å². The average Bonchev–Trinajstić information content (AvgIpc) is 2.43. The Hall–Kier alpha value is -1.32. The van der Waals surface area contributed by atoms with Crippen LogP contribution in [0.15, 0.2) is 6.20 Å². The van der Waals surface area contributed by atoms with Gasteiger partial charge in [-0.05, 0) is 24.8 Å². The van der Waals surface area contributed by atoms with E-state index >= 15 is 0 Å². The first-order valence-corrected chi connectivity index (χ1v) is 4.43. The van der Waals surface area contributed by atoms with Crippen LogP contribution in [0.3, 0.4) is 0 Å². The molecule has 1 aromatic rings. The highest BCUT2D eigenvalue weighted by Gasteiger charge is 2.28. The summed E-state index contributed by atoms with van der Waals surface area (Å²) in [6.07, 6.45) is 4.56. The minimum absolute atomic E-state index is 0.384. The third-order valence-corrected chi connectivity index (χ3v) is 2.50. The second-order valence-electron chi connectivity index (χ2n) is 3.50. The summed E-state index contributed by atoms with van der Waals surface area (Å²) in [6.45, 7) is 0. The largest absolute Gasteiger partial charge is 0.481 e. The molecule has 1 atom stereocenters. The van der Waals surface area contributed by atoms with Gasteiger partial charge in [-0.15, -0.1) is 0 Å². The molecule has 0 spiro atoms. The Morgan fingerprint density at radius 1 is 1.77 bits per heavy atom. The molecular weight excluding hydrogens is 168 g/mol. The molecule has 1 aliphatic rings. The van der Waals surface area contributed by atoms with Gasteiger partial charge in [0.25, 0.3) is 0 Å².